The largest absolute Gasteiger partial charge is 0.350 e. The zero-order valence-corrected chi connectivity index (χ0v) is 20.9. The van der Waals surface area contributed by atoms with Crippen LogP contribution < -0.4 is 20.9 Å². The molecular formula is C27H33N5O4. The summed E-state index contributed by atoms with van der Waals surface area (Å²) in [7, 11) is 0. The highest BCUT2D eigenvalue weighted by Gasteiger charge is 2.44. The van der Waals surface area contributed by atoms with Gasteiger partial charge in [0, 0.05) is 32.3 Å². The van der Waals surface area contributed by atoms with Crippen molar-refractivity contribution in [3.8, 4) is 0 Å². The maximum Gasteiger partial charge on any atom is 0.250 e. The van der Waals surface area contributed by atoms with Crippen molar-refractivity contribution in [2.45, 2.75) is 71.1 Å². The average Bonchev–Trinajstić information content (AvgIpc) is 3.21. The minimum Gasteiger partial charge on any atom is -0.350 e. The monoisotopic (exact) mass is 491 g/mol. The normalized spacial score (nSPS) is 20.1. The van der Waals surface area contributed by atoms with Crippen molar-refractivity contribution in [2.75, 3.05) is 4.90 Å². The molecule has 4 rings (SSSR count). The fraction of sp³-hybridized carbons (Fsp3) is 0.444. The Bertz CT molecular complexity index is 1150. The zero-order valence-electron chi connectivity index (χ0n) is 20.9. The quantitative estimate of drug-likeness (QED) is 0.519. The summed E-state index contributed by atoms with van der Waals surface area (Å²) in [6.07, 6.45) is 5.44. The van der Waals surface area contributed by atoms with Gasteiger partial charge in [0.1, 0.15) is 18.1 Å². The van der Waals surface area contributed by atoms with E-state index in [2.05, 4.69) is 20.9 Å². The van der Waals surface area contributed by atoms with Crippen molar-refractivity contribution in [3.05, 3.63) is 59.4 Å². The van der Waals surface area contributed by atoms with Gasteiger partial charge in [0.25, 0.3) is 0 Å². The van der Waals surface area contributed by atoms with Gasteiger partial charge in [-0.05, 0) is 47.6 Å². The summed E-state index contributed by atoms with van der Waals surface area (Å²) < 4.78 is 0. The van der Waals surface area contributed by atoms with E-state index < -0.39 is 18.1 Å². The molecule has 0 radical (unpaired) electrons. The number of aryl methyl sites for hydroxylation is 1. The summed E-state index contributed by atoms with van der Waals surface area (Å²) in [6, 6.07) is 7.28. The van der Waals surface area contributed by atoms with Crippen LogP contribution in [0.4, 0.5) is 5.69 Å². The van der Waals surface area contributed by atoms with Crippen LogP contribution in [0.3, 0.4) is 0 Å². The van der Waals surface area contributed by atoms with Crippen LogP contribution in [0, 0.1) is 5.92 Å². The molecule has 4 atom stereocenters. The van der Waals surface area contributed by atoms with Gasteiger partial charge in [-0.15, -0.1) is 0 Å². The Labute approximate surface area is 211 Å². The summed E-state index contributed by atoms with van der Waals surface area (Å²) in [5.74, 6) is -1.34. The lowest BCUT2D eigenvalue weighted by atomic mass is 9.97. The Balaban J connectivity index is 1.56. The molecule has 0 spiro atoms. The Morgan fingerprint density at radius 2 is 1.86 bits per heavy atom. The molecule has 190 valence electrons. The van der Waals surface area contributed by atoms with E-state index in [1.54, 1.807) is 17.3 Å². The molecule has 3 heterocycles. The maximum absolute atomic E-state index is 13.8. The third kappa shape index (κ3) is 5.24. The lowest BCUT2D eigenvalue weighted by Crippen LogP contribution is -2.58. The van der Waals surface area contributed by atoms with E-state index in [1.807, 2.05) is 44.2 Å². The Morgan fingerprint density at radius 1 is 1.14 bits per heavy atom. The number of carbonyl (C=O) groups excluding carboxylic acids is 4. The van der Waals surface area contributed by atoms with Crippen LogP contribution in [0.25, 0.3) is 0 Å². The van der Waals surface area contributed by atoms with Crippen LogP contribution in [0.5, 0.6) is 0 Å². The standard InChI is InChI=1S/C27H33N5O4/c1-4-16(2)23(30-17(3)33)26(35)31-21-9-8-19-6-5-7-20-14-22(32(24(19)20)27(21)36)25(34)29-15-18-10-12-28-13-11-18/h5-7,10-13,16,21-23H,4,8-9,14-15H2,1-3H3,(H,29,34)(H,30,33)(H,31,35)/t16-,21-,22-,23-/m0/s1. The van der Waals surface area contributed by atoms with Gasteiger partial charge in [0.2, 0.25) is 23.6 Å². The Hall–Kier alpha value is -3.75. The number of anilines is 1. The molecule has 0 fully saturated rings. The molecule has 0 saturated carbocycles. The molecule has 2 aromatic rings. The molecule has 3 N–H and O–H groups in total. The predicted molar refractivity (Wildman–Crippen MR) is 135 cm³/mol. The lowest BCUT2D eigenvalue weighted by Gasteiger charge is -2.29. The highest BCUT2D eigenvalue weighted by Crippen LogP contribution is 2.39. The second-order valence-electron chi connectivity index (χ2n) is 9.59. The number of para-hydroxylation sites is 1. The molecule has 36 heavy (non-hydrogen) atoms. The van der Waals surface area contributed by atoms with Crippen molar-refractivity contribution in [1.29, 1.82) is 0 Å². The van der Waals surface area contributed by atoms with E-state index in [0.717, 1.165) is 22.4 Å². The third-order valence-electron chi connectivity index (χ3n) is 7.10. The highest BCUT2D eigenvalue weighted by molar-refractivity contribution is 6.08. The molecular weight excluding hydrogens is 458 g/mol. The smallest absolute Gasteiger partial charge is 0.250 e. The van der Waals surface area contributed by atoms with E-state index in [4.69, 9.17) is 0 Å². The van der Waals surface area contributed by atoms with Gasteiger partial charge in [0.05, 0.1) is 5.69 Å². The summed E-state index contributed by atoms with van der Waals surface area (Å²) >= 11 is 0. The minimum absolute atomic E-state index is 0.0999. The first kappa shape index (κ1) is 25.3. The topological polar surface area (TPSA) is 121 Å². The number of hydrogen-bond donors (Lipinski definition) is 3. The summed E-state index contributed by atoms with van der Waals surface area (Å²) in [5.41, 5.74) is 3.63. The summed E-state index contributed by atoms with van der Waals surface area (Å²) in [5, 5.41) is 8.55. The third-order valence-corrected chi connectivity index (χ3v) is 7.10. The molecule has 9 heteroatoms. The van der Waals surface area contributed by atoms with E-state index in [1.165, 1.54) is 6.92 Å². The molecule has 2 aliphatic rings. The van der Waals surface area contributed by atoms with Crippen molar-refractivity contribution < 1.29 is 19.2 Å². The molecule has 0 aliphatic carbocycles. The van der Waals surface area contributed by atoms with Crippen molar-refractivity contribution in [2.24, 2.45) is 5.92 Å². The van der Waals surface area contributed by atoms with Crippen molar-refractivity contribution >= 4 is 29.3 Å². The summed E-state index contributed by atoms with van der Waals surface area (Å²) in [6.45, 7) is 5.54. The van der Waals surface area contributed by atoms with E-state index in [0.29, 0.717) is 32.2 Å². The molecule has 0 bridgehead atoms. The van der Waals surface area contributed by atoms with E-state index in [9.17, 15) is 19.2 Å². The first-order chi connectivity index (χ1) is 17.3. The number of nitrogens with one attached hydrogen (secondary N) is 3. The number of nitrogens with zero attached hydrogens (tertiary/aromatic N) is 2. The maximum atomic E-state index is 13.8. The van der Waals surface area contributed by atoms with Crippen LogP contribution in [-0.4, -0.2) is 46.7 Å². The number of rotatable bonds is 8. The predicted octanol–water partition coefficient (Wildman–Crippen LogP) is 1.64. The fourth-order valence-electron chi connectivity index (χ4n) is 4.96. The summed E-state index contributed by atoms with van der Waals surface area (Å²) in [4.78, 5) is 57.6. The van der Waals surface area contributed by atoms with Gasteiger partial charge in [-0.2, -0.15) is 0 Å². The van der Waals surface area contributed by atoms with E-state index in [-0.39, 0.29) is 29.5 Å². The van der Waals surface area contributed by atoms with Crippen molar-refractivity contribution in [3.63, 3.8) is 0 Å². The average molecular weight is 492 g/mol. The highest BCUT2D eigenvalue weighted by atomic mass is 16.2. The van der Waals surface area contributed by atoms with Crippen LogP contribution in [0.2, 0.25) is 0 Å². The van der Waals surface area contributed by atoms with Crippen LogP contribution in [0.1, 0.15) is 50.3 Å². The second kappa shape index (κ2) is 10.9. The number of aromatic nitrogens is 1. The van der Waals surface area contributed by atoms with Gasteiger partial charge in [-0.1, -0.05) is 38.5 Å². The molecule has 1 aromatic carbocycles. The number of carbonyl (C=O) groups is 4. The number of pyridine rings is 1. The van der Waals surface area contributed by atoms with Crippen LogP contribution >= 0.6 is 0 Å². The minimum atomic E-state index is -0.799. The van der Waals surface area contributed by atoms with Gasteiger partial charge in [-0.25, -0.2) is 0 Å². The SMILES string of the molecule is CC[C@H](C)[C@H](NC(C)=O)C(=O)N[C@H]1CCc2cccc3c2N(C1=O)[C@H](C(=O)NCc1ccncc1)C3. The molecule has 9 nitrogen and oxygen atoms in total. The zero-order chi connectivity index (χ0) is 25.8. The molecule has 4 amide bonds. The Kier molecular flexibility index (Phi) is 7.67. The van der Waals surface area contributed by atoms with Gasteiger partial charge < -0.3 is 16.0 Å². The molecule has 1 aromatic heterocycles. The number of amides is 4. The van der Waals surface area contributed by atoms with Crippen LogP contribution in [-0.2, 0) is 38.6 Å². The van der Waals surface area contributed by atoms with Gasteiger partial charge in [-0.3, -0.25) is 29.1 Å². The van der Waals surface area contributed by atoms with E-state index >= 15 is 0 Å². The Morgan fingerprint density at radius 3 is 2.56 bits per heavy atom. The number of hydrogen-bond acceptors (Lipinski definition) is 5. The fourth-order valence-corrected chi connectivity index (χ4v) is 4.96. The van der Waals surface area contributed by atoms with Gasteiger partial charge in [0.15, 0.2) is 0 Å². The van der Waals surface area contributed by atoms with Crippen LogP contribution in [0.15, 0.2) is 42.7 Å². The van der Waals surface area contributed by atoms with Crippen molar-refractivity contribution in [1.82, 2.24) is 20.9 Å². The number of benzene rings is 1. The first-order valence-corrected chi connectivity index (χ1v) is 12.5. The molecule has 0 saturated heterocycles. The first-order valence-electron chi connectivity index (χ1n) is 12.5. The lowest BCUT2D eigenvalue weighted by molar-refractivity contribution is -0.132. The second-order valence-corrected chi connectivity index (χ2v) is 9.59. The molecule has 0 unspecified atom stereocenters. The molecule has 2 aliphatic heterocycles. The van der Waals surface area contributed by atoms with Gasteiger partial charge >= 0.3 is 0 Å².